The van der Waals surface area contributed by atoms with Gasteiger partial charge in [-0.2, -0.15) is 0 Å². The molecule has 0 unspecified atom stereocenters. The molecule has 1 saturated carbocycles. The molecular formula is C14H17NO2. The van der Waals surface area contributed by atoms with Crippen LogP contribution >= 0.6 is 0 Å². The van der Waals surface area contributed by atoms with E-state index < -0.39 is 0 Å². The van der Waals surface area contributed by atoms with Crippen LogP contribution in [0.3, 0.4) is 0 Å². The summed E-state index contributed by atoms with van der Waals surface area (Å²) in [5.74, 6) is 0.784. The van der Waals surface area contributed by atoms with Crippen molar-refractivity contribution < 1.29 is 9.53 Å². The maximum Gasteiger partial charge on any atom is 0.221 e. The predicted octanol–water partition coefficient (Wildman–Crippen LogP) is 1.83. The molecule has 0 radical (unpaired) electrons. The van der Waals surface area contributed by atoms with Crippen LogP contribution in [0.2, 0.25) is 0 Å². The van der Waals surface area contributed by atoms with E-state index in [1.165, 1.54) is 16.7 Å². The van der Waals surface area contributed by atoms with Gasteiger partial charge in [0.15, 0.2) is 0 Å². The Morgan fingerprint density at radius 3 is 2.76 bits per heavy atom. The van der Waals surface area contributed by atoms with Crippen LogP contribution < -0.4 is 10.5 Å². The standard InChI is InChI=1S/C14H17NO2/c1-8-5-10-12(6-9(8)2)17-4-3-14(10)7-11(14)13(15)16/h5-6,11H,3-4,7H2,1-2H3,(H2,15,16)/t11-,14-/m1/s1. The van der Waals surface area contributed by atoms with E-state index >= 15 is 0 Å². The predicted molar refractivity (Wildman–Crippen MR) is 65.0 cm³/mol. The Morgan fingerprint density at radius 1 is 1.41 bits per heavy atom. The lowest BCUT2D eigenvalue weighted by Gasteiger charge is -2.27. The van der Waals surface area contributed by atoms with Crippen LogP contribution in [0.25, 0.3) is 0 Å². The molecule has 3 heteroatoms. The number of fused-ring (bicyclic) bond motifs is 2. The second-order valence-corrected chi connectivity index (χ2v) is 5.35. The Bertz CT molecular complexity index is 509. The van der Waals surface area contributed by atoms with Gasteiger partial charge in [0.25, 0.3) is 0 Å². The van der Waals surface area contributed by atoms with Crippen molar-refractivity contribution in [2.75, 3.05) is 6.61 Å². The molecule has 1 aliphatic carbocycles. The summed E-state index contributed by atoms with van der Waals surface area (Å²) in [6, 6.07) is 4.26. The third-order valence-corrected chi connectivity index (χ3v) is 4.36. The number of amides is 1. The minimum Gasteiger partial charge on any atom is -0.493 e. The van der Waals surface area contributed by atoms with Crippen LogP contribution in [0.1, 0.15) is 29.5 Å². The van der Waals surface area contributed by atoms with E-state index in [0.29, 0.717) is 6.61 Å². The fourth-order valence-electron chi connectivity index (χ4n) is 3.03. The van der Waals surface area contributed by atoms with Gasteiger partial charge in [-0.15, -0.1) is 0 Å². The van der Waals surface area contributed by atoms with E-state index in [0.717, 1.165) is 18.6 Å². The van der Waals surface area contributed by atoms with Gasteiger partial charge in [0.05, 0.1) is 6.61 Å². The van der Waals surface area contributed by atoms with Gasteiger partial charge in [-0.05, 0) is 43.9 Å². The molecule has 2 N–H and O–H groups in total. The summed E-state index contributed by atoms with van der Waals surface area (Å²) < 4.78 is 5.71. The van der Waals surface area contributed by atoms with Crippen molar-refractivity contribution in [3.63, 3.8) is 0 Å². The highest BCUT2D eigenvalue weighted by Gasteiger charge is 2.60. The number of nitrogens with two attached hydrogens (primary N) is 1. The summed E-state index contributed by atoms with van der Waals surface area (Å²) in [5.41, 5.74) is 9.11. The summed E-state index contributed by atoms with van der Waals surface area (Å²) in [5, 5.41) is 0. The van der Waals surface area contributed by atoms with Crippen molar-refractivity contribution in [3.05, 3.63) is 28.8 Å². The lowest BCUT2D eigenvalue weighted by Crippen LogP contribution is -2.27. The van der Waals surface area contributed by atoms with Crippen molar-refractivity contribution in [3.8, 4) is 5.75 Å². The second-order valence-electron chi connectivity index (χ2n) is 5.35. The zero-order valence-corrected chi connectivity index (χ0v) is 10.2. The molecule has 90 valence electrons. The molecular weight excluding hydrogens is 214 g/mol. The SMILES string of the molecule is Cc1cc2c(cc1C)[C@@]1(CCO2)C[C@@H]1C(N)=O. The Kier molecular flexibility index (Phi) is 2.03. The number of hydrogen-bond donors (Lipinski definition) is 1. The average Bonchev–Trinajstić information content (AvgIpc) is 2.97. The minimum absolute atomic E-state index is 0.00672. The zero-order valence-electron chi connectivity index (χ0n) is 10.2. The van der Waals surface area contributed by atoms with Gasteiger partial charge in [-0.25, -0.2) is 0 Å². The molecule has 17 heavy (non-hydrogen) atoms. The van der Waals surface area contributed by atoms with E-state index in [-0.39, 0.29) is 17.2 Å². The average molecular weight is 231 g/mol. The van der Waals surface area contributed by atoms with Crippen LogP contribution in [-0.4, -0.2) is 12.5 Å². The first kappa shape index (κ1) is 10.6. The van der Waals surface area contributed by atoms with Gasteiger partial charge < -0.3 is 10.5 Å². The quantitative estimate of drug-likeness (QED) is 0.801. The number of benzene rings is 1. The largest absolute Gasteiger partial charge is 0.493 e. The number of carbonyl (C=O) groups is 1. The van der Waals surface area contributed by atoms with E-state index in [2.05, 4.69) is 26.0 Å². The maximum atomic E-state index is 11.4. The van der Waals surface area contributed by atoms with Gasteiger partial charge >= 0.3 is 0 Å². The Hall–Kier alpha value is -1.51. The molecule has 0 aromatic heterocycles. The molecule has 1 heterocycles. The normalized spacial score (nSPS) is 29.6. The van der Waals surface area contributed by atoms with Crippen molar-refractivity contribution >= 4 is 5.91 Å². The fraction of sp³-hybridized carbons (Fsp3) is 0.500. The number of carbonyl (C=O) groups excluding carboxylic acids is 1. The van der Waals surface area contributed by atoms with Crippen LogP contribution in [0.4, 0.5) is 0 Å². The molecule has 2 atom stereocenters. The van der Waals surface area contributed by atoms with Gasteiger partial charge in [-0.1, -0.05) is 6.07 Å². The number of hydrogen-bond acceptors (Lipinski definition) is 2. The smallest absolute Gasteiger partial charge is 0.221 e. The zero-order chi connectivity index (χ0) is 12.2. The molecule has 1 aliphatic heterocycles. The Morgan fingerprint density at radius 2 is 2.12 bits per heavy atom. The summed E-state index contributed by atoms with van der Waals surface area (Å²) in [4.78, 5) is 11.4. The topological polar surface area (TPSA) is 52.3 Å². The van der Waals surface area contributed by atoms with Crippen LogP contribution in [0.5, 0.6) is 5.75 Å². The highest BCUT2D eigenvalue weighted by Crippen LogP contribution is 2.60. The summed E-state index contributed by atoms with van der Waals surface area (Å²) in [6.07, 6.45) is 1.80. The first-order chi connectivity index (χ1) is 8.04. The summed E-state index contributed by atoms with van der Waals surface area (Å²) >= 11 is 0. The molecule has 3 nitrogen and oxygen atoms in total. The molecule has 0 saturated heterocycles. The summed E-state index contributed by atoms with van der Waals surface area (Å²) in [7, 11) is 0. The Balaban J connectivity index is 2.10. The molecule has 1 spiro atoms. The van der Waals surface area contributed by atoms with Gasteiger partial charge in [-0.3, -0.25) is 4.79 Å². The number of primary amides is 1. The van der Waals surface area contributed by atoms with Crippen molar-refractivity contribution in [1.82, 2.24) is 0 Å². The molecule has 2 aliphatic rings. The molecule has 3 rings (SSSR count). The van der Waals surface area contributed by atoms with Crippen LogP contribution in [-0.2, 0) is 10.2 Å². The van der Waals surface area contributed by atoms with Crippen molar-refractivity contribution in [1.29, 1.82) is 0 Å². The molecule has 0 bridgehead atoms. The Labute approximate surface area is 101 Å². The lowest BCUT2D eigenvalue weighted by molar-refractivity contribution is -0.119. The summed E-state index contributed by atoms with van der Waals surface area (Å²) in [6.45, 7) is 4.87. The van der Waals surface area contributed by atoms with E-state index in [4.69, 9.17) is 10.5 Å². The maximum absolute atomic E-state index is 11.4. The highest BCUT2D eigenvalue weighted by atomic mass is 16.5. The first-order valence-corrected chi connectivity index (χ1v) is 6.08. The minimum atomic E-state index is -0.170. The van der Waals surface area contributed by atoms with Gasteiger partial charge in [0.2, 0.25) is 5.91 Å². The van der Waals surface area contributed by atoms with Gasteiger partial charge in [0.1, 0.15) is 5.75 Å². The highest BCUT2D eigenvalue weighted by molar-refractivity contribution is 5.83. The molecule has 1 fully saturated rings. The van der Waals surface area contributed by atoms with E-state index in [9.17, 15) is 4.79 Å². The molecule has 1 aromatic rings. The van der Waals surface area contributed by atoms with Crippen molar-refractivity contribution in [2.45, 2.75) is 32.1 Å². The first-order valence-electron chi connectivity index (χ1n) is 6.08. The number of aryl methyl sites for hydroxylation is 2. The third-order valence-electron chi connectivity index (χ3n) is 4.36. The fourth-order valence-corrected chi connectivity index (χ4v) is 3.03. The number of ether oxygens (including phenoxy) is 1. The van der Waals surface area contributed by atoms with Crippen molar-refractivity contribution in [2.24, 2.45) is 11.7 Å². The molecule has 1 aromatic carbocycles. The number of rotatable bonds is 1. The van der Waals surface area contributed by atoms with Crippen LogP contribution in [0.15, 0.2) is 12.1 Å². The monoisotopic (exact) mass is 231 g/mol. The van der Waals surface area contributed by atoms with E-state index in [1.54, 1.807) is 0 Å². The van der Waals surface area contributed by atoms with Gasteiger partial charge in [0, 0.05) is 16.9 Å². The van der Waals surface area contributed by atoms with E-state index in [1.807, 2.05) is 0 Å². The van der Waals surface area contributed by atoms with Crippen LogP contribution in [0, 0.1) is 19.8 Å². The lowest BCUT2D eigenvalue weighted by atomic mass is 9.85. The second kappa shape index (κ2) is 3.25. The third kappa shape index (κ3) is 1.38. The molecule has 1 amide bonds.